The fraction of sp³-hybridized carbons (Fsp3) is 0.115. The minimum Gasteiger partial charge on any atom is -0.495 e. The molecule has 3 aromatic carbocycles. The molecular weight excluding hydrogens is 505 g/mol. The van der Waals surface area contributed by atoms with Crippen LogP contribution in [-0.4, -0.2) is 32.6 Å². The number of anilines is 2. The average molecular weight is 526 g/mol. The molecule has 0 unspecified atom stereocenters. The van der Waals surface area contributed by atoms with Crippen molar-refractivity contribution in [1.82, 2.24) is 0 Å². The van der Waals surface area contributed by atoms with Crippen LogP contribution in [0.15, 0.2) is 66.2 Å². The van der Waals surface area contributed by atoms with Crippen LogP contribution >= 0.6 is 23.2 Å². The second kappa shape index (κ2) is 12.5. The second-order valence-electron chi connectivity index (χ2n) is 7.20. The lowest BCUT2D eigenvalue weighted by Gasteiger charge is -2.14. The Balaban J connectivity index is 1.74. The molecule has 0 aliphatic heterocycles. The number of benzene rings is 3. The number of nitrogens with one attached hydrogen (secondary N) is 2. The molecular formula is C26H21Cl2N3O5. The molecule has 0 spiro atoms. The highest BCUT2D eigenvalue weighted by atomic mass is 35.5. The number of carbonyl (C=O) groups is 2. The summed E-state index contributed by atoms with van der Waals surface area (Å²) in [5.74, 6) is -0.189. The van der Waals surface area contributed by atoms with Crippen LogP contribution in [0.3, 0.4) is 0 Å². The van der Waals surface area contributed by atoms with Gasteiger partial charge in [0.1, 0.15) is 17.4 Å². The van der Waals surface area contributed by atoms with E-state index in [1.807, 2.05) is 6.07 Å². The van der Waals surface area contributed by atoms with Gasteiger partial charge in [0.05, 0.1) is 24.9 Å². The number of halogens is 2. The van der Waals surface area contributed by atoms with Crippen molar-refractivity contribution in [2.24, 2.45) is 0 Å². The lowest BCUT2D eigenvalue weighted by atomic mass is 10.1. The molecule has 10 heteroatoms. The molecule has 2 amide bonds. The molecule has 2 N–H and O–H groups in total. The summed E-state index contributed by atoms with van der Waals surface area (Å²) in [6.45, 7) is -0.351. The van der Waals surface area contributed by atoms with Crippen molar-refractivity contribution in [2.75, 3.05) is 31.5 Å². The van der Waals surface area contributed by atoms with Crippen LogP contribution in [0.5, 0.6) is 17.2 Å². The van der Waals surface area contributed by atoms with E-state index in [9.17, 15) is 14.9 Å². The van der Waals surface area contributed by atoms with Gasteiger partial charge in [0.15, 0.2) is 18.1 Å². The zero-order valence-electron chi connectivity index (χ0n) is 19.3. The van der Waals surface area contributed by atoms with Gasteiger partial charge in [-0.15, -0.1) is 0 Å². The summed E-state index contributed by atoms with van der Waals surface area (Å²) in [7, 11) is 2.90. The van der Waals surface area contributed by atoms with Crippen molar-refractivity contribution >= 4 is 52.5 Å². The summed E-state index contributed by atoms with van der Waals surface area (Å²) in [6, 6.07) is 18.3. The molecule has 0 fully saturated rings. The van der Waals surface area contributed by atoms with E-state index in [1.54, 1.807) is 48.5 Å². The first-order valence-electron chi connectivity index (χ1n) is 10.5. The van der Waals surface area contributed by atoms with Crippen molar-refractivity contribution in [1.29, 1.82) is 5.26 Å². The van der Waals surface area contributed by atoms with E-state index in [4.69, 9.17) is 37.4 Å². The molecule has 0 radical (unpaired) electrons. The standard InChI is InChI=1S/C26H21Cl2N3O5/c1-34-22-6-4-3-5-21(22)31-24(32)15-36-25-20(28)12-16(13-23(25)35-2)11-17(14-29)26(33)30-19-9-7-18(27)8-10-19/h3-13H,15H2,1-2H3,(H,30,33)(H,31,32)/b17-11-. The Morgan fingerprint density at radius 2 is 1.67 bits per heavy atom. The van der Waals surface area contributed by atoms with Crippen molar-refractivity contribution in [3.05, 3.63) is 81.8 Å². The monoisotopic (exact) mass is 525 g/mol. The number of hydrogen-bond acceptors (Lipinski definition) is 6. The molecule has 0 atom stereocenters. The smallest absolute Gasteiger partial charge is 0.266 e. The van der Waals surface area contributed by atoms with Crippen LogP contribution < -0.4 is 24.8 Å². The van der Waals surface area contributed by atoms with Gasteiger partial charge in [-0.25, -0.2) is 0 Å². The fourth-order valence-corrected chi connectivity index (χ4v) is 3.48. The maximum atomic E-state index is 12.5. The maximum Gasteiger partial charge on any atom is 0.266 e. The first-order valence-corrected chi connectivity index (χ1v) is 11.2. The van der Waals surface area contributed by atoms with E-state index in [0.29, 0.717) is 27.7 Å². The first-order chi connectivity index (χ1) is 17.3. The zero-order valence-corrected chi connectivity index (χ0v) is 20.8. The van der Waals surface area contributed by atoms with E-state index in [0.717, 1.165) is 0 Å². The Labute approximate surface area is 218 Å². The van der Waals surface area contributed by atoms with Crippen LogP contribution in [0.25, 0.3) is 6.08 Å². The molecule has 0 heterocycles. The highest BCUT2D eigenvalue weighted by molar-refractivity contribution is 6.32. The third kappa shape index (κ3) is 6.92. The second-order valence-corrected chi connectivity index (χ2v) is 8.05. The van der Waals surface area contributed by atoms with Gasteiger partial charge in [-0.3, -0.25) is 9.59 Å². The molecule has 3 rings (SSSR count). The number of ether oxygens (including phenoxy) is 3. The molecule has 3 aromatic rings. The predicted octanol–water partition coefficient (Wildman–Crippen LogP) is 5.57. The largest absolute Gasteiger partial charge is 0.495 e. The van der Waals surface area contributed by atoms with Crippen molar-refractivity contribution < 1.29 is 23.8 Å². The third-order valence-electron chi connectivity index (χ3n) is 4.76. The summed E-state index contributed by atoms with van der Waals surface area (Å²) in [5, 5.41) is 15.5. The quantitative estimate of drug-likeness (QED) is 0.279. The van der Waals surface area contributed by atoms with Crippen LogP contribution in [0.2, 0.25) is 10.0 Å². The molecule has 184 valence electrons. The van der Waals surface area contributed by atoms with Crippen LogP contribution in [0.1, 0.15) is 5.56 Å². The van der Waals surface area contributed by atoms with Crippen LogP contribution in [0.4, 0.5) is 11.4 Å². The minimum absolute atomic E-state index is 0.126. The topological polar surface area (TPSA) is 110 Å². The number of rotatable bonds is 9. The van der Waals surface area contributed by atoms with Gasteiger partial charge in [0.2, 0.25) is 0 Å². The van der Waals surface area contributed by atoms with E-state index >= 15 is 0 Å². The summed E-state index contributed by atoms with van der Waals surface area (Å²) in [4.78, 5) is 24.9. The summed E-state index contributed by atoms with van der Waals surface area (Å²) in [5.41, 5.74) is 1.24. The highest BCUT2D eigenvalue weighted by Gasteiger charge is 2.16. The summed E-state index contributed by atoms with van der Waals surface area (Å²) >= 11 is 12.2. The lowest BCUT2D eigenvalue weighted by molar-refractivity contribution is -0.118. The molecule has 0 saturated heterocycles. The number of para-hydroxylation sites is 2. The zero-order chi connectivity index (χ0) is 26.1. The predicted molar refractivity (Wildman–Crippen MR) is 139 cm³/mol. The molecule has 0 aliphatic rings. The van der Waals surface area contributed by atoms with E-state index in [1.165, 1.54) is 32.4 Å². The van der Waals surface area contributed by atoms with Crippen LogP contribution in [0, 0.1) is 11.3 Å². The molecule has 0 saturated carbocycles. The average Bonchev–Trinajstić information content (AvgIpc) is 2.87. The Bertz CT molecular complexity index is 1330. The van der Waals surface area contributed by atoms with E-state index < -0.39 is 11.8 Å². The third-order valence-corrected chi connectivity index (χ3v) is 5.29. The fourth-order valence-electron chi connectivity index (χ4n) is 3.08. The number of hydrogen-bond donors (Lipinski definition) is 2. The van der Waals surface area contributed by atoms with Crippen molar-refractivity contribution in [3.8, 4) is 23.3 Å². The molecule has 0 aliphatic carbocycles. The molecule has 36 heavy (non-hydrogen) atoms. The molecule has 0 aromatic heterocycles. The minimum atomic E-state index is -0.608. The summed E-state index contributed by atoms with van der Waals surface area (Å²) < 4.78 is 16.2. The normalized spacial score (nSPS) is 10.7. The van der Waals surface area contributed by atoms with Gasteiger partial charge in [-0.2, -0.15) is 5.26 Å². The van der Waals surface area contributed by atoms with Crippen LogP contribution in [-0.2, 0) is 9.59 Å². The van der Waals surface area contributed by atoms with Gasteiger partial charge < -0.3 is 24.8 Å². The van der Waals surface area contributed by atoms with E-state index in [2.05, 4.69) is 10.6 Å². The van der Waals surface area contributed by atoms with Gasteiger partial charge in [-0.05, 0) is 60.2 Å². The molecule has 8 nitrogen and oxygen atoms in total. The highest BCUT2D eigenvalue weighted by Crippen LogP contribution is 2.37. The van der Waals surface area contributed by atoms with Crippen molar-refractivity contribution in [3.63, 3.8) is 0 Å². The number of amides is 2. The SMILES string of the molecule is COc1ccccc1NC(=O)COc1c(Cl)cc(/C=C(/C#N)C(=O)Nc2ccc(Cl)cc2)cc1OC. The number of nitrogens with zero attached hydrogens (tertiary/aromatic N) is 1. The Morgan fingerprint density at radius 3 is 2.33 bits per heavy atom. The van der Waals surface area contributed by atoms with E-state index in [-0.39, 0.29) is 28.7 Å². The molecule has 0 bridgehead atoms. The number of nitriles is 1. The van der Waals surface area contributed by atoms with Gasteiger partial charge >= 0.3 is 0 Å². The lowest BCUT2D eigenvalue weighted by Crippen LogP contribution is -2.20. The van der Waals surface area contributed by atoms with Gasteiger partial charge in [0.25, 0.3) is 11.8 Å². The Hall–Kier alpha value is -4.19. The Morgan fingerprint density at radius 1 is 0.972 bits per heavy atom. The number of carbonyl (C=O) groups excluding carboxylic acids is 2. The van der Waals surface area contributed by atoms with Crippen molar-refractivity contribution in [2.45, 2.75) is 0 Å². The van der Waals surface area contributed by atoms with Gasteiger partial charge in [0, 0.05) is 10.7 Å². The maximum absolute atomic E-state index is 12.5. The summed E-state index contributed by atoms with van der Waals surface area (Å²) in [6.07, 6.45) is 1.36. The first kappa shape index (κ1) is 26.4. The number of methoxy groups -OCH3 is 2. The van der Waals surface area contributed by atoms with Gasteiger partial charge in [-0.1, -0.05) is 35.3 Å². The Kier molecular flexibility index (Phi) is 9.17.